The number of amides is 8. The molecule has 0 bridgehead atoms. The molecule has 8 amide bonds. The Labute approximate surface area is 595 Å². The van der Waals surface area contributed by atoms with Crippen LogP contribution in [0.25, 0.3) is 11.1 Å². The second kappa shape index (κ2) is 34.8. The third-order valence-electron chi connectivity index (χ3n) is 18.3. The van der Waals surface area contributed by atoms with Gasteiger partial charge in [-0.2, -0.15) is 10.5 Å². The largest absolute Gasteiger partial charge is 0.480 e. The van der Waals surface area contributed by atoms with Crippen LogP contribution in [0.2, 0.25) is 0 Å². The molecule has 0 saturated carbocycles. The van der Waals surface area contributed by atoms with Crippen LogP contribution in [0, 0.1) is 45.3 Å². The van der Waals surface area contributed by atoms with Gasteiger partial charge in [-0.1, -0.05) is 187 Å². The molecule has 534 valence electrons. The molecule has 4 heterocycles. The Bertz CT molecular complexity index is 4020. The van der Waals surface area contributed by atoms with Crippen LogP contribution in [-0.2, 0) is 69.0 Å². The van der Waals surface area contributed by atoms with E-state index in [4.69, 9.17) is 14.2 Å². The maximum atomic E-state index is 13.8. The van der Waals surface area contributed by atoms with Crippen molar-refractivity contribution in [3.8, 4) is 23.3 Å². The van der Waals surface area contributed by atoms with Crippen molar-refractivity contribution >= 4 is 65.2 Å². The molecule has 23 heteroatoms. The molecule has 7 N–H and O–H groups in total. The summed E-state index contributed by atoms with van der Waals surface area (Å²) in [6.45, 7) is 13.3. The number of para-hydroxylation sites is 2. The first kappa shape index (κ1) is 75.1. The summed E-state index contributed by atoms with van der Waals surface area (Å²) in [6.07, 6.45) is 2.67. The topological polar surface area (TPSA) is 328 Å². The van der Waals surface area contributed by atoms with Crippen molar-refractivity contribution in [3.63, 3.8) is 0 Å². The summed E-state index contributed by atoms with van der Waals surface area (Å²) in [5, 5.41) is 45.4. The number of fused-ring (bicyclic) bond motifs is 5. The van der Waals surface area contributed by atoms with Crippen LogP contribution >= 0.6 is 0 Å². The smallest absolute Gasteiger partial charge is 0.415 e. The standard InChI is InChI=1S/C32H39N5O5.C30H36N4O4.C17H15NO4/c1-32(2,3)18-25(29(39)35-24(19-33)16-23-13-9-15-34-28(23)38)36-30(40)27-17-22-12-7-8-14-26(22)37(27)31(41)42-20-21-10-5-4-6-11-21;1-30(2,3)16-26(28(36)33-20(17-31)15-19-9-8-14-32-27(19)35)34-29(37)38-18-25-23-12-6-4-10-21(23)22-11-5-7-13-24(22)25;19-16(20)15-10-13-8-4-5-9-14(13)18(15)17(21)22-11-12-6-2-1-3-7-12/h4-8,10-12,14,23-25,27H,9,13,15-18,20H2,1-3H3,(H,34,38)(H,35,39)(H,36,40);4-7,10-13,19-20,25-26H,8-9,14-16,18H2,1-3H3,(H,32,35)(H,33,36)(H,34,37);1-9,15H,10-11H2,(H,19,20)/t23-,24-,25-,27+;19-,20-,26-;15-/m001/s1. The fraction of sp³-hybridized carbons (Fsp3) is 0.405. The fourth-order valence-corrected chi connectivity index (χ4v) is 13.4. The van der Waals surface area contributed by atoms with Crippen molar-refractivity contribution in [2.45, 2.75) is 161 Å². The van der Waals surface area contributed by atoms with E-state index in [0.29, 0.717) is 56.6 Å². The molecule has 2 fully saturated rings. The van der Waals surface area contributed by atoms with E-state index in [1.807, 2.05) is 163 Å². The number of alkyl carbamates (subject to hydrolysis) is 1. The Kier molecular flexibility index (Phi) is 25.6. The number of benzene rings is 6. The predicted molar refractivity (Wildman–Crippen MR) is 382 cm³/mol. The number of piperidine rings is 2. The maximum absolute atomic E-state index is 13.8. The number of carboxylic acids is 1. The van der Waals surface area contributed by atoms with Gasteiger partial charge in [-0.25, -0.2) is 19.2 Å². The van der Waals surface area contributed by atoms with Gasteiger partial charge in [0.1, 0.15) is 56.1 Å². The lowest BCUT2D eigenvalue weighted by Crippen LogP contribution is -2.56. The highest BCUT2D eigenvalue weighted by Crippen LogP contribution is 2.45. The van der Waals surface area contributed by atoms with Crippen molar-refractivity contribution < 1.29 is 62.5 Å². The number of hydrogen-bond acceptors (Lipinski definition) is 14. The minimum Gasteiger partial charge on any atom is -0.480 e. The van der Waals surface area contributed by atoms with Crippen molar-refractivity contribution in [1.29, 1.82) is 10.5 Å². The van der Waals surface area contributed by atoms with Gasteiger partial charge in [0.25, 0.3) is 0 Å². The van der Waals surface area contributed by atoms with E-state index in [9.17, 15) is 58.8 Å². The monoisotopic (exact) mass is 1390 g/mol. The summed E-state index contributed by atoms with van der Waals surface area (Å²) in [6, 6.07) is 48.0. The summed E-state index contributed by atoms with van der Waals surface area (Å²) in [5.41, 5.74) is 8.39. The Morgan fingerprint density at radius 2 is 0.931 bits per heavy atom. The molecule has 1 aliphatic carbocycles. The van der Waals surface area contributed by atoms with E-state index in [1.54, 1.807) is 24.3 Å². The second-order valence-electron chi connectivity index (χ2n) is 28.6. The highest BCUT2D eigenvalue weighted by molar-refractivity contribution is 6.02. The summed E-state index contributed by atoms with van der Waals surface area (Å²) in [5.74, 6) is -3.46. The van der Waals surface area contributed by atoms with E-state index in [-0.39, 0.29) is 79.5 Å². The first-order valence-corrected chi connectivity index (χ1v) is 34.6. The van der Waals surface area contributed by atoms with E-state index >= 15 is 0 Å². The Balaban J connectivity index is 0.000000186. The van der Waals surface area contributed by atoms with Crippen LogP contribution in [0.1, 0.15) is 132 Å². The van der Waals surface area contributed by atoms with Crippen LogP contribution < -0.4 is 41.7 Å². The number of rotatable bonds is 20. The minimum absolute atomic E-state index is 0.0519. The zero-order chi connectivity index (χ0) is 73.1. The molecule has 0 unspecified atom stereocenters. The maximum Gasteiger partial charge on any atom is 0.415 e. The SMILES string of the molecule is CC(C)(C)C[C@H](NC(=O)OCC1c2ccccc2-c2ccccc21)C(=O)N[C@H](C#N)C[C@@H]1CCCNC1=O.CC(C)(C)C[C@H](NC(=O)[C@H]1Cc2ccccc2N1C(=O)OCc1ccccc1)C(=O)N[C@H](C#N)C[C@@H]1CCCNC1=O.O=C(O)[C@H]1Cc2ccccc2N1C(=O)OCc1ccccc1. The average molecular weight is 1390 g/mol. The molecule has 102 heavy (non-hydrogen) atoms. The highest BCUT2D eigenvalue weighted by Gasteiger charge is 2.43. The minimum atomic E-state index is -1.03. The molecule has 11 rings (SSSR count). The molecule has 6 aromatic carbocycles. The lowest BCUT2D eigenvalue weighted by molar-refractivity contribution is -0.138. The molecule has 4 aliphatic heterocycles. The number of hydrogen-bond donors (Lipinski definition) is 7. The van der Waals surface area contributed by atoms with Crippen molar-refractivity contribution in [2.24, 2.45) is 22.7 Å². The zero-order valence-corrected chi connectivity index (χ0v) is 58.4. The van der Waals surface area contributed by atoms with Crippen LogP contribution in [-0.4, -0.2) is 115 Å². The predicted octanol–water partition coefficient (Wildman–Crippen LogP) is 10.7. The normalized spacial score (nSPS) is 18.3. The first-order valence-electron chi connectivity index (χ1n) is 34.6. The third kappa shape index (κ3) is 20.3. The third-order valence-corrected chi connectivity index (χ3v) is 18.3. The summed E-state index contributed by atoms with van der Waals surface area (Å²) in [7, 11) is 0. The van der Waals surface area contributed by atoms with Crippen LogP contribution in [0.3, 0.4) is 0 Å². The van der Waals surface area contributed by atoms with Gasteiger partial charge < -0.3 is 51.2 Å². The molecule has 6 aromatic rings. The molecule has 0 radical (unpaired) electrons. The molecule has 8 atom stereocenters. The van der Waals surface area contributed by atoms with Gasteiger partial charge in [0, 0.05) is 43.7 Å². The molecule has 23 nitrogen and oxygen atoms in total. The molecule has 5 aliphatic rings. The zero-order valence-electron chi connectivity index (χ0n) is 58.4. The lowest BCUT2D eigenvalue weighted by atomic mass is 9.87. The number of carbonyl (C=O) groups is 9. The van der Waals surface area contributed by atoms with Crippen molar-refractivity contribution in [2.75, 3.05) is 29.5 Å². The summed E-state index contributed by atoms with van der Waals surface area (Å²) in [4.78, 5) is 117. The van der Waals surface area contributed by atoms with Crippen LogP contribution in [0.5, 0.6) is 0 Å². The number of nitriles is 2. The first-order chi connectivity index (χ1) is 48.9. The number of nitrogens with zero attached hydrogens (tertiary/aromatic N) is 4. The van der Waals surface area contributed by atoms with Crippen molar-refractivity contribution in [1.82, 2.24) is 31.9 Å². The quantitative estimate of drug-likeness (QED) is 0.0349. The van der Waals surface area contributed by atoms with Gasteiger partial charge in [-0.05, 0) is 119 Å². The van der Waals surface area contributed by atoms with E-state index in [2.05, 4.69) is 56.2 Å². The summed E-state index contributed by atoms with van der Waals surface area (Å²) < 4.78 is 16.5. The van der Waals surface area contributed by atoms with Crippen LogP contribution in [0.4, 0.5) is 25.8 Å². The second-order valence-corrected chi connectivity index (χ2v) is 28.6. The van der Waals surface area contributed by atoms with Gasteiger partial charge in [-0.3, -0.25) is 33.8 Å². The Morgan fingerprint density at radius 1 is 0.529 bits per heavy atom. The molecular formula is C79H90N10O13. The van der Waals surface area contributed by atoms with E-state index in [0.717, 1.165) is 57.3 Å². The fourth-order valence-electron chi connectivity index (χ4n) is 13.4. The van der Waals surface area contributed by atoms with E-state index < -0.39 is 78.2 Å². The van der Waals surface area contributed by atoms with E-state index in [1.165, 1.54) is 9.80 Å². The number of nitrogens with one attached hydrogen (secondary N) is 6. The average Bonchev–Trinajstić information content (AvgIpc) is 1.63. The number of ether oxygens (including phenoxy) is 3. The number of carboxylic acid groups (broad SMARTS) is 1. The van der Waals surface area contributed by atoms with Gasteiger partial charge >= 0.3 is 24.2 Å². The molecule has 0 spiro atoms. The highest BCUT2D eigenvalue weighted by atomic mass is 16.6. The molecule has 2 saturated heterocycles. The van der Waals surface area contributed by atoms with Gasteiger partial charge in [0.2, 0.25) is 29.5 Å². The van der Waals surface area contributed by atoms with Gasteiger partial charge in [0.15, 0.2) is 0 Å². The number of anilines is 2. The van der Waals surface area contributed by atoms with Gasteiger partial charge in [0.05, 0.1) is 23.5 Å². The van der Waals surface area contributed by atoms with Gasteiger partial charge in [-0.15, -0.1) is 0 Å². The lowest BCUT2D eigenvalue weighted by Gasteiger charge is -2.30. The van der Waals surface area contributed by atoms with Crippen LogP contribution in [0.15, 0.2) is 158 Å². The number of aliphatic carboxylic acids is 1. The molecular weight excluding hydrogens is 1300 g/mol. The molecule has 0 aromatic heterocycles. The Hall–Kier alpha value is -11.1. The van der Waals surface area contributed by atoms with Crippen molar-refractivity contribution in [3.05, 3.63) is 191 Å². The number of carbonyl (C=O) groups excluding carboxylic acids is 8. The summed E-state index contributed by atoms with van der Waals surface area (Å²) >= 11 is 0. The Morgan fingerprint density at radius 3 is 1.36 bits per heavy atom.